The second-order valence-electron chi connectivity index (χ2n) is 4.47. The van der Waals surface area contributed by atoms with E-state index in [1.807, 2.05) is 18.2 Å². The Morgan fingerprint density at radius 3 is 3.11 bits per heavy atom. The van der Waals surface area contributed by atoms with E-state index in [0.29, 0.717) is 18.0 Å². The zero-order chi connectivity index (χ0) is 12.5. The Balaban J connectivity index is 1.98. The number of carbonyl (C=O) groups is 1. The van der Waals surface area contributed by atoms with E-state index in [1.165, 1.54) is 0 Å². The van der Waals surface area contributed by atoms with Gasteiger partial charge in [0.25, 0.3) is 5.91 Å². The van der Waals surface area contributed by atoms with Crippen molar-refractivity contribution in [1.29, 1.82) is 0 Å². The highest BCUT2D eigenvalue weighted by atomic mass is 16.5. The lowest BCUT2D eigenvalue weighted by atomic mass is 10.1. The lowest BCUT2D eigenvalue weighted by molar-refractivity contribution is -0.00559. The summed E-state index contributed by atoms with van der Waals surface area (Å²) < 4.78 is 5.31. The van der Waals surface area contributed by atoms with Gasteiger partial charge in [-0.3, -0.25) is 4.79 Å². The summed E-state index contributed by atoms with van der Waals surface area (Å²) in [5, 5.41) is 0.866. The highest BCUT2D eigenvalue weighted by Gasteiger charge is 2.21. The number of nitrogens with zero attached hydrogens (tertiary/aromatic N) is 1. The van der Waals surface area contributed by atoms with Crippen LogP contribution in [0.1, 0.15) is 16.8 Å². The first kappa shape index (κ1) is 11.1. The number of nitrogens with one attached hydrogen (secondary N) is 1. The number of aromatic nitrogens is 1. The highest BCUT2D eigenvalue weighted by Crippen LogP contribution is 2.22. The number of fused-ring (bicyclic) bond motifs is 1. The third kappa shape index (κ3) is 1.82. The van der Waals surface area contributed by atoms with Crippen LogP contribution in [0.5, 0.6) is 0 Å². The molecule has 94 valence electrons. The third-order valence-electron chi connectivity index (χ3n) is 3.19. The molecule has 3 N–H and O–H groups in total. The SMILES string of the molecule is Nc1ccc2[nH]cc(C(=O)N3CCCOC3)c2c1. The van der Waals surface area contributed by atoms with Gasteiger partial charge in [-0.1, -0.05) is 0 Å². The number of amides is 1. The predicted octanol–water partition coefficient (Wildman–Crippen LogP) is 1.57. The molecule has 1 aliphatic heterocycles. The van der Waals surface area contributed by atoms with Crippen LogP contribution >= 0.6 is 0 Å². The number of nitrogens with two attached hydrogens (primary N) is 1. The Morgan fingerprint density at radius 1 is 1.44 bits per heavy atom. The number of hydrogen-bond donors (Lipinski definition) is 2. The molecule has 0 atom stereocenters. The lowest BCUT2D eigenvalue weighted by Gasteiger charge is -2.26. The van der Waals surface area contributed by atoms with Gasteiger partial charge in [-0.2, -0.15) is 0 Å². The molecule has 0 aliphatic carbocycles. The van der Waals surface area contributed by atoms with E-state index in [-0.39, 0.29) is 5.91 Å². The fourth-order valence-electron chi connectivity index (χ4n) is 2.24. The summed E-state index contributed by atoms with van der Waals surface area (Å²) in [7, 11) is 0. The molecule has 0 spiro atoms. The molecule has 1 aromatic carbocycles. The summed E-state index contributed by atoms with van der Waals surface area (Å²) in [4.78, 5) is 17.2. The van der Waals surface area contributed by atoms with Crippen molar-refractivity contribution < 1.29 is 9.53 Å². The summed E-state index contributed by atoms with van der Waals surface area (Å²) >= 11 is 0. The molecule has 3 rings (SSSR count). The molecule has 1 aliphatic rings. The molecule has 0 bridgehead atoms. The van der Waals surface area contributed by atoms with E-state index in [2.05, 4.69) is 4.98 Å². The zero-order valence-corrected chi connectivity index (χ0v) is 9.98. The monoisotopic (exact) mass is 245 g/mol. The van der Waals surface area contributed by atoms with Gasteiger partial charge in [-0.25, -0.2) is 0 Å². The first-order valence-electron chi connectivity index (χ1n) is 5.99. The van der Waals surface area contributed by atoms with Gasteiger partial charge in [0.1, 0.15) is 6.73 Å². The zero-order valence-electron chi connectivity index (χ0n) is 9.98. The number of hydrogen-bond acceptors (Lipinski definition) is 3. The minimum atomic E-state index is -0.00782. The Bertz CT molecular complexity index is 585. The number of carbonyl (C=O) groups excluding carboxylic acids is 1. The predicted molar refractivity (Wildman–Crippen MR) is 69.2 cm³/mol. The first-order valence-corrected chi connectivity index (χ1v) is 5.99. The van der Waals surface area contributed by atoms with Crippen LogP contribution in [0, 0.1) is 0 Å². The Hall–Kier alpha value is -2.01. The second kappa shape index (κ2) is 4.34. The minimum Gasteiger partial charge on any atom is -0.399 e. The van der Waals surface area contributed by atoms with Crippen LogP contribution in [0.4, 0.5) is 5.69 Å². The molecule has 5 nitrogen and oxygen atoms in total. The maximum atomic E-state index is 12.4. The van der Waals surface area contributed by atoms with Crippen LogP contribution in [-0.4, -0.2) is 35.7 Å². The fraction of sp³-hybridized carbons (Fsp3) is 0.308. The van der Waals surface area contributed by atoms with Gasteiger partial charge < -0.3 is 20.4 Å². The maximum absolute atomic E-state index is 12.4. The minimum absolute atomic E-state index is 0.00782. The van der Waals surface area contributed by atoms with Gasteiger partial charge in [0, 0.05) is 29.3 Å². The van der Waals surface area contributed by atoms with Crippen molar-refractivity contribution >= 4 is 22.5 Å². The molecule has 5 heteroatoms. The van der Waals surface area contributed by atoms with Crippen LogP contribution in [0.25, 0.3) is 10.9 Å². The van der Waals surface area contributed by atoms with E-state index < -0.39 is 0 Å². The molecule has 1 saturated heterocycles. The molecule has 1 amide bonds. The maximum Gasteiger partial charge on any atom is 0.257 e. The average Bonchev–Trinajstić information content (AvgIpc) is 2.82. The molecule has 2 aromatic rings. The van der Waals surface area contributed by atoms with Crippen LogP contribution in [0.3, 0.4) is 0 Å². The Morgan fingerprint density at radius 2 is 2.33 bits per heavy atom. The van der Waals surface area contributed by atoms with E-state index >= 15 is 0 Å². The van der Waals surface area contributed by atoms with E-state index in [9.17, 15) is 4.79 Å². The topological polar surface area (TPSA) is 71.4 Å². The van der Waals surface area contributed by atoms with Crippen molar-refractivity contribution in [3.63, 3.8) is 0 Å². The summed E-state index contributed by atoms with van der Waals surface area (Å²) in [6.45, 7) is 1.84. The van der Waals surface area contributed by atoms with Crippen LogP contribution < -0.4 is 5.73 Å². The fourth-order valence-corrected chi connectivity index (χ4v) is 2.24. The first-order chi connectivity index (χ1) is 8.75. The number of rotatable bonds is 1. The van der Waals surface area contributed by atoms with Gasteiger partial charge in [0.05, 0.1) is 12.2 Å². The molecule has 18 heavy (non-hydrogen) atoms. The van der Waals surface area contributed by atoms with Crippen LogP contribution in [0.2, 0.25) is 0 Å². The van der Waals surface area contributed by atoms with E-state index in [4.69, 9.17) is 10.5 Å². The van der Waals surface area contributed by atoms with Gasteiger partial charge in [0.15, 0.2) is 0 Å². The van der Waals surface area contributed by atoms with E-state index in [1.54, 1.807) is 11.1 Å². The number of ether oxygens (including phenoxy) is 1. The van der Waals surface area contributed by atoms with Crippen molar-refractivity contribution in [2.45, 2.75) is 6.42 Å². The molecule has 0 unspecified atom stereocenters. The third-order valence-corrected chi connectivity index (χ3v) is 3.19. The molecular formula is C13H15N3O2. The number of aromatic amines is 1. The van der Waals surface area contributed by atoms with Crippen molar-refractivity contribution in [2.24, 2.45) is 0 Å². The normalized spacial score (nSPS) is 16.1. The van der Waals surface area contributed by atoms with Crippen molar-refractivity contribution in [3.8, 4) is 0 Å². The van der Waals surface area contributed by atoms with Gasteiger partial charge in [0.2, 0.25) is 0 Å². The summed E-state index contributed by atoms with van der Waals surface area (Å²) in [6, 6.07) is 5.52. The summed E-state index contributed by atoms with van der Waals surface area (Å²) in [6.07, 6.45) is 2.62. The van der Waals surface area contributed by atoms with Gasteiger partial charge in [-0.15, -0.1) is 0 Å². The number of benzene rings is 1. The molecular weight excluding hydrogens is 230 g/mol. The smallest absolute Gasteiger partial charge is 0.257 e. The van der Waals surface area contributed by atoms with Crippen LogP contribution in [-0.2, 0) is 4.74 Å². The number of H-pyrrole nitrogens is 1. The quantitative estimate of drug-likeness (QED) is 0.749. The molecule has 0 radical (unpaired) electrons. The summed E-state index contributed by atoms with van der Waals surface area (Å²) in [5.41, 5.74) is 8.00. The van der Waals surface area contributed by atoms with Crippen molar-refractivity contribution in [1.82, 2.24) is 9.88 Å². The average molecular weight is 245 g/mol. The highest BCUT2D eigenvalue weighted by molar-refractivity contribution is 6.07. The van der Waals surface area contributed by atoms with Crippen molar-refractivity contribution in [2.75, 3.05) is 25.6 Å². The Labute approximate surface area is 105 Å². The van der Waals surface area contributed by atoms with E-state index in [0.717, 1.165) is 30.5 Å². The van der Waals surface area contributed by atoms with Crippen LogP contribution in [0.15, 0.2) is 24.4 Å². The molecule has 1 aromatic heterocycles. The van der Waals surface area contributed by atoms with Gasteiger partial charge >= 0.3 is 0 Å². The molecule has 0 saturated carbocycles. The molecule has 2 heterocycles. The largest absolute Gasteiger partial charge is 0.399 e. The number of anilines is 1. The lowest BCUT2D eigenvalue weighted by Crippen LogP contribution is -2.38. The summed E-state index contributed by atoms with van der Waals surface area (Å²) in [5.74, 6) is -0.00782. The van der Waals surface area contributed by atoms with Gasteiger partial charge in [-0.05, 0) is 24.6 Å². The second-order valence-corrected chi connectivity index (χ2v) is 4.47. The number of nitrogen functional groups attached to an aromatic ring is 1. The Kier molecular flexibility index (Phi) is 2.68. The van der Waals surface area contributed by atoms with Crippen molar-refractivity contribution in [3.05, 3.63) is 30.0 Å². The standard InChI is InChI=1S/C13H15N3O2/c14-9-2-3-12-10(6-9)11(7-15-12)13(17)16-4-1-5-18-8-16/h2-3,6-7,15H,1,4-5,8,14H2. The molecule has 1 fully saturated rings.